The lowest BCUT2D eigenvalue weighted by atomic mass is 9.79. The molecule has 5 unspecified atom stereocenters. The summed E-state index contributed by atoms with van der Waals surface area (Å²) in [5, 5.41) is 0. The van der Waals surface area contributed by atoms with Crippen LogP contribution in [0.1, 0.15) is 39.0 Å². The maximum Gasteiger partial charge on any atom is 0.0654 e. The molecule has 0 aromatic carbocycles. The maximum atomic E-state index is 5.37. The average molecular weight is 195 g/mol. The summed E-state index contributed by atoms with van der Waals surface area (Å²) in [6.45, 7) is 2.85. The minimum absolute atomic E-state index is 0.680. The van der Waals surface area contributed by atoms with E-state index in [0.29, 0.717) is 6.04 Å². The lowest BCUT2D eigenvalue weighted by molar-refractivity contribution is -0.00191. The molecule has 2 nitrogen and oxygen atoms in total. The Kier molecular flexibility index (Phi) is 2.29. The van der Waals surface area contributed by atoms with Crippen LogP contribution in [-0.4, -0.2) is 12.6 Å². The largest absolute Gasteiger partial charge is 0.302 e. The lowest BCUT2D eigenvalue weighted by Crippen LogP contribution is -2.39. The Labute approximate surface area is 86.4 Å². The van der Waals surface area contributed by atoms with Crippen LogP contribution >= 0.6 is 0 Å². The summed E-state index contributed by atoms with van der Waals surface area (Å²) in [5.74, 6) is 4.12. The molecule has 3 fully saturated rings. The molecule has 0 amide bonds. The first-order chi connectivity index (χ1) is 6.90. The molecule has 3 aliphatic rings. The summed E-state index contributed by atoms with van der Waals surface area (Å²) < 4.78 is 0. The molecule has 2 bridgehead atoms. The smallest absolute Gasteiger partial charge is 0.0654 e. The number of nitrogens with one attached hydrogen (secondary N) is 1. The zero-order valence-corrected chi connectivity index (χ0v) is 9.04. The molecule has 3 rings (SSSR count). The molecule has 5 atom stereocenters. The SMILES string of the molecule is CCONC1CC2CC1C1CCCC21. The van der Waals surface area contributed by atoms with E-state index in [1.807, 2.05) is 0 Å². The fourth-order valence-electron chi connectivity index (χ4n) is 4.39. The van der Waals surface area contributed by atoms with Crippen LogP contribution in [0.15, 0.2) is 0 Å². The van der Waals surface area contributed by atoms with Crippen molar-refractivity contribution >= 4 is 0 Å². The fourth-order valence-corrected chi connectivity index (χ4v) is 4.39. The van der Waals surface area contributed by atoms with Gasteiger partial charge in [-0.25, -0.2) is 0 Å². The van der Waals surface area contributed by atoms with E-state index >= 15 is 0 Å². The Morgan fingerprint density at radius 2 is 2.00 bits per heavy atom. The van der Waals surface area contributed by atoms with Crippen molar-refractivity contribution in [1.29, 1.82) is 0 Å². The van der Waals surface area contributed by atoms with E-state index in [2.05, 4.69) is 12.4 Å². The van der Waals surface area contributed by atoms with Crippen LogP contribution in [0.5, 0.6) is 0 Å². The predicted octanol–water partition coefficient (Wildman–Crippen LogP) is 2.35. The van der Waals surface area contributed by atoms with Crippen LogP contribution in [0.2, 0.25) is 0 Å². The third kappa shape index (κ3) is 1.24. The molecule has 3 aliphatic carbocycles. The fraction of sp³-hybridized carbons (Fsp3) is 1.00. The molecule has 80 valence electrons. The van der Waals surface area contributed by atoms with E-state index in [9.17, 15) is 0 Å². The zero-order valence-electron chi connectivity index (χ0n) is 9.04. The monoisotopic (exact) mass is 195 g/mol. The maximum absolute atomic E-state index is 5.37. The van der Waals surface area contributed by atoms with Crippen molar-refractivity contribution in [2.45, 2.75) is 45.1 Å². The summed E-state index contributed by atoms with van der Waals surface area (Å²) in [4.78, 5) is 5.37. The second kappa shape index (κ2) is 3.49. The second-order valence-electron chi connectivity index (χ2n) is 5.31. The average Bonchev–Trinajstić information content (AvgIpc) is 2.85. The molecule has 0 aromatic heterocycles. The highest BCUT2D eigenvalue weighted by atomic mass is 16.6. The Morgan fingerprint density at radius 1 is 1.14 bits per heavy atom. The van der Waals surface area contributed by atoms with Crippen LogP contribution in [0.25, 0.3) is 0 Å². The molecule has 0 aromatic rings. The third-order valence-corrected chi connectivity index (χ3v) is 4.81. The zero-order chi connectivity index (χ0) is 9.54. The molecule has 1 N–H and O–H groups in total. The Hall–Kier alpha value is -0.0800. The van der Waals surface area contributed by atoms with E-state index in [1.165, 1.54) is 32.1 Å². The molecule has 0 radical (unpaired) electrons. The van der Waals surface area contributed by atoms with E-state index in [4.69, 9.17) is 4.84 Å². The highest BCUT2D eigenvalue weighted by Gasteiger charge is 2.53. The molecular formula is C12H21NO. The molecule has 2 heteroatoms. The predicted molar refractivity (Wildman–Crippen MR) is 55.6 cm³/mol. The van der Waals surface area contributed by atoms with E-state index in [-0.39, 0.29) is 0 Å². The first-order valence-corrected chi connectivity index (χ1v) is 6.27. The van der Waals surface area contributed by atoms with Crippen LogP contribution in [0.3, 0.4) is 0 Å². The Balaban J connectivity index is 1.65. The van der Waals surface area contributed by atoms with Crippen molar-refractivity contribution in [3.8, 4) is 0 Å². The van der Waals surface area contributed by atoms with Gasteiger partial charge in [0.05, 0.1) is 6.61 Å². The molecule has 14 heavy (non-hydrogen) atoms. The molecule has 0 heterocycles. The van der Waals surface area contributed by atoms with Crippen molar-refractivity contribution in [1.82, 2.24) is 5.48 Å². The summed E-state index contributed by atoms with van der Waals surface area (Å²) in [6, 6.07) is 0.680. The van der Waals surface area contributed by atoms with Crippen molar-refractivity contribution in [3.63, 3.8) is 0 Å². The minimum Gasteiger partial charge on any atom is -0.302 e. The summed E-state index contributed by atoms with van der Waals surface area (Å²) >= 11 is 0. The molecule has 0 saturated heterocycles. The third-order valence-electron chi connectivity index (χ3n) is 4.81. The van der Waals surface area contributed by atoms with Crippen LogP contribution < -0.4 is 5.48 Å². The summed E-state index contributed by atoms with van der Waals surface area (Å²) in [6.07, 6.45) is 7.37. The number of hydrogen-bond acceptors (Lipinski definition) is 2. The van der Waals surface area contributed by atoms with Gasteiger partial charge in [0.25, 0.3) is 0 Å². The van der Waals surface area contributed by atoms with Gasteiger partial charge in [0.15, 0.2) is 0 Å². The van der Waals surface area contributed by atoms with Gasteiger partial charge in [0.2, 0.25) is 0 Å². The highest BCUT2D eigenvalue weighted by Crippen LogP contribution is 2.58. The van der Waals surface area contributed by atoms with Gasteiger partial charge in [-0.2, -0.15) is 5.48 Å². The van der Waals surface area contributed by atoms with E-state index in [1.54, 1.807) is 0 Å². The molecule has 0 spiro atoms. The summed E-state index contributed by atoms with van der Waals surface area (Å²) in [7, 11) is 0. The van der Waals surface area contributed by atoms with Gasteiger partial charge in [-0.05, 0) is 56.3 Å². The van der Waals surface area contributed by atoms with Gasteiger partial charge in [0, 0.05) is 6.04 Å². The standard InChI is InChI=1S/C12H21NO/c1-2-14-13-12-7-8-6-11(12)10-5-3-4-9(8)10/h8-13H,2-7H2,1H3. The van der Waals surface area contributed by atoms with Crippen molar-refractivity contribution in [2.24, 2.45) is 23.7 Å². The Morgan fingerprint density at radius 3 is 2.86 bits per heavy atom. The van der Waals surface area contributed by atoms with Crippen LogP contribution in [-0.2, 0) is 4.84 Å². The number of fused-ring (bicyclic) bond motifs is 5. The van der Waals surface area contributed by atoms with E-state index in [0.717, 1.165) is 30.3 Å². The van der Waals surface area contributed by atoms with Crippen LogP contribution in [0, 0.1) is 23.7 Å². The van der Waals surface area contributed by atoms with Crippen molar-refractivity contribution in [3.05, 3.63) is 0 Å². The second-order valence-corrected chi connectivity index (χ2v) is 5.31. The number of hydroxylamine groups is 1. The van der Waals surface area contributed by atoms with Crippen molar-refractivity contribution in [2.75, 3.05) is 6.61 Å². The van der Waals surface area contributed by atoms with Crippen LogP contribution in [0.4, 0.5) is 0 Å². The topological polar surface area (TPSA) is 21.3 Å². The van der Waals surface area contributed by atoms with Gasteiger partial charge < -0.3 is 4.84 Å². The van der Waals surface area contributed by atoms with Gasteiger partial charge in [-0.3, -0.25) is 0 Å². The molecular weight excluding hydrogens is 174 g/mol. The first-order valence-electron chi connectivity index (χ1n) is 6.27. The Bertz CT molecular complexity index is 218. The van der Waals surface area contributed by atoms with Gasteiger partial charge in [-0.1, -0.05) is 6.42 Å². The lowest BCUT2D eigenvalue weighted by Gasteiger charge is -2.31. The van der Waals surface area contributed by atoms with E-state index < -0.39 is 0 Å². The quantitative estimate of drug-likeness (QED) is 0.698. The summed E-state index contributed by atoms with van der Waals surface area (Å²) in [5.41, 5.74) is 3.28. The van der Waals surface area contributed by atoms with Gasteiger partial charge in [-0.15, -0.1) is 0 Å². The van der Waals surface area contributed by atoms with Gasteiger partial charge in [0.1, 0.15) is 0 Å². The van der Waals surface area contributed by atoms with Crippen molar-refractivity contribution < 1.29 is 4.84 Å². The number of rotatable bonds is 3. The highest BCUT2D eigenvalue weighted by molar-refractivity contribution is 5.04. The molecule has 3 saturated carbocycles. The first kappa shape index (κ1) is 9.17. The number of hydrogen-bond donors (Lipinski definition) is 1. The van der Waals surface area contributed by atoms with Gasteiger partial charge >= 0.3 is 0 Å². The minimum atomic E-state index is 0.680. The normalized spacial score (nSPS) is 49.9. The molecule has 0 aliphatic heterocycles.